The first-order chi connectivity index (χ1) is 9.70. The van der Waals surface area contributed by atoms with Crippen LogP contribution in [0.2, 0.25) is 0 Å². The zero-order valence-electron chi connectivity index (χ0n) is 10.5. The summed E-state index contributed by atoms with van der Waals surface area (Å²) in [5.74, 6) is -0.465. The van der Waals surface area contributed by atoms with Gasteiger partial charge in [0, 0.05) is 18.4 Å². The third-order valence-corrected chi connectivity index (χ3v) is 3.69. The SMILES string of the molecule is CS(=O)(=O)c1cc([N+](=O)[O-])ccc1-n1ccc([N+](=O)[O-])n1. The Morgan fingerprint density at radius 2 is 1.81 bits per heavy atom. The van der Waals surface area contributed by atoms with E-state index in [-0.39, 0.29) is 10.6 Å². The number of non-ortho nitro benzene ring substituents is 1. The summed E-state index contributed by atoms with van der Waals surface area (Å²) in [6.07, 6.45) is 2.08. The topological polar surface area (TPSA) is 138 Å². The largest absolute Gasteiger partial charge is 0.390 e. The van der Waals surface area contributed by atoms with Gasteiger partial charge >= 0.3 is 5.82 Å². The Hall–Kier alpha value is -2.82. The third kappa shape index (κ3) is 2.86. The average Bonchev–Trinajstić information content (AvgIpc) is 2.86. The van der Waals surface area contributed by atoms with Gasteiger partial charge in [0.15, 0.2) is 9.84 Å². The molecule has 2 rings (SSSR count). The van der Waals surface area contributed by atoms with E-state index in [9.17, 15) is 28.6 Å². The lowest BCUT2D eigenvalue weighted by Crippen LogP contribution is -2.07. The first kappa shape index (κ1) is 14.6. The second kappa shape index (κ2) is 4.94. The van der Waals surface area contributed by atoms with E-state index in [0.717, 1.165) is 29.1 Å². The molecule has 0 aliphatic heterocycles. The van der Waals surface area contributed by atoms with Crippen molar-refractivity contribution in [1.29, 1.82) is 0 Å². The molecule has 0 radical (unpaired) electrons. The minimum absolute atomic E-state index is 0.00352. The molecule has 0 unspecified atom stereocenters. The number of hydrogen-bond acceptors (Lipinski definition) is 7. The number of nitrogens with zero attached hydrogens (tertiary/aromatic N) is 4. The minimum atomic E-state index is -3.78. The van der Waals surface area contributed by atoms with Crippen molar-refractivity contribution in [3.63, 3.8) is 0 Å². The Bertz CT molecular complexity index is 841. The molecule has 1 aromatic carbocycles. The van der Waals surface area contributed by atoms with E-state index in [1.54, 1.807) is 0 Å². The van der Waals surface area contributed by atoms with Gasteiger partial charge in [-0.15, -0.1) is 4.68 Å². The maximum absolute atomic E-state index is 11.7. The van der Waals surface area contributed by atoms with E-state index in [1.807, 2.05) is 0 Å². The van der Waals surface area contributed by atoms with E-state index in [4.69, 9.17) is 0 Å². The molecule has 1 heterocycles. The number of nitro groups is 2. The number of aromatic nitrogens is 2. The van der Waals surface area contributed by atoms with Crippen molar-refractivity contribution in [2.75, 3.05) is 6.26 Å². The van der Waals surface area contributed by atoms with Crippen molar-refractivity contribution >= 4 is 21.3 Å². The summed E-state index contributed by atoms with van der Waals surface area (Å²) in [5.41, 5.74) is -0.406. The van der Waals surface area contributed by atoms with Gasteiger partial charge < -0.3 is 10.1 Å². The zero-order chi connectivity index (χ0) is 15.8. The van der Waals surface area contributed by atoms with E-state index in [1.165, 1.54) is 12.3 Å². The van der Waals surface area contributed by atoms with Crippen molar-refractivity contribution in [1.82, 2.24) is 9.78 Å². The van der Waals surface area contributed by atoms with Crippen molar-refractivity contribution in [3.8, 4) is 5.69 Å². The highest BCUT2D eigenvalue weighted by molar-refractivity contribution is 7.90. The lowest BCUT2D eigenvalue weighted by atomic mass is 10.3. The van der Waals surface area contributed by atoms with Crippen LogP contribution in [0.15, 0.2) is 35.4 Å². The summed E-state index contributed by atoms with van der Waals surface area (Å²) >= 11 is 0. The second-order valence-electron chi connectivity index (χ2n) is 4.06. The molecule has 21 heavy (non-hydrogen) atoms. The van der Waals surface area contributed by atoms with Gasteiger partial charge in [0.1, 0.15) is 10.6 Å². The molecule has 0 spiro atoms. The zero-order valence-corrected chi connectivity index (χ0v) is 11.3. The maximum Gasteiger partial charge on any atom is 0.390 e. The van der Waals surface area contributed by atoms with Crippen LogP contribution in [0.5, 0.6) is 0 Å². The first-order valence-electron chi connectivity index (χ1n) is 5.39. The fourth-order valence-electron chi connectivity index (χ4n) is 1.65. The Morgan fingerprint density at radius 1 is 1.14 bits per heavy atom. The smallest absolute Gasteiger partial charge is 0.358 e. The van der Waals surface area contributed by atoms with Crippen LogP contribution in [0.4, 0.5) is 11.5 Å². The lowest BCUT2D eigenvalue weighted by Gasteiger charge is -2.05. The fraction of sp³-hybridized carbons (Fsp3) is 0.100. The van der Waals surface area contributed by atoms with Gasteiger partial charge in [0.25, 0.3) is 5.69 Å². The van der Waals surface area contributed by atoms with Gasteiger partial charge in [-0.25, -0.2) is 8.42 Å². The monoisotopic (exact) mass is 312 g/mol. The summed E-state index contributed by atoms with van der Waals surface area (Å²) < 4.78 is 24.5. The molecule has 0 saturated carbocycles. The van der Waals surface area contributed by atoms with Gasteiger partial charge in [0.05, 0.1) is 22.3 Å². The highest BCUT2D eigenvalue weighted by atomic mass is 32.2. The molecule has 0 saturated heterocycles. The van der Waals surface area contributed by atoms with E-state index >= 15 is 0 Å². The molecule has 0 aliphatic rings. The van der Waals surface area contributed by atoms with Crippen LogP contribution in [0.25, 0.3) is 5.69 Å². The number of rotatable bonds is 4. The quantitative estimate of drug-likeness (QED) is 0.608. The molecule has 0 atom stereocenters. The summed E-state index contributed by atoms with van der Waals surface area (Å²) in [7, 11) is -3.78. The van der Waals surface area contributed by atoms with Gasteiger partial charge in [0.2, 0.25) is 0 Å². The molecule has 0 fully saturated rings. The Kier molecular flexibility index (Phi) is 3.43. The van der Waals surface area contributed by atoms with Gasteiger partial charge in [-0.05, 0) is 11.0 Å². The van der Waals surface area contributed by atoms with Gasteiger partial charge in [-0.1, -0.05) is 0 Å². The van der Waals surface area contributed by atoms with Crippen molar-refractivity contribution in [2.45, 2.75) is 4.90 Å². The molecule has 0 N–H and O–H groups in total. The van der Waals surface area contributed by atoms with E-state index in [0.29, 0.717) is 0 Å². The predicted molar refractivity (Wildman–Crippen MR) is 70.0 cm³/mol. The van der Waals surface area contributed by atoms with E-state index < -0.39 is 31.2 Å². The summed E-state index contributed by atoms with van der Waals surface area (Å²) in [5, 5.41) is 24.9. The predicted octanol–water partition coefficient (Wildman–Crippen LogP) is 1.09. The Balaban J connectivity index is 2.67. The second-order valence-corrected chi connectivity index (χ2v) is 6.04. The highest BCUT2D eigenvalue weighted by Gasteiger charge is 2.22. The van der Waals surface area contributed by atoms with Crippen LogP contribution >= 0.6 is 0 Å². The average molecular weight is 312 g/mol. The molecular formula is C10H8N4O6S. The van der Waals surface area contributed by atoms with Crippen LogP contribution in [0, 0.1) is 20.2 Å². The molecule has 2 aromatic rings. The first-order valence-corrected chi connectivity index (χ1v) is 7.28. The van der Waals surface area contributed by atoms with Gasteiger partial charge in [-0.2, -0.15) is 0 Å². The van der Waals surface area contributed by atoms with Gasteiger partial charge in [-0.3, -0.25) is 10.1 Å². The molecular weight excluding hydrogens is 304 g/mol. The fourth-order valence-corrected chi connectivity index (χ4v) is 2.52. The molecule has 10 nitrogen and oxygen atoms in total. The van der Waals surface area contributed by atoms with Crippen molar-refractivity contribution < 1.29 is 18.3 Å². The lowest BCUT2D eigenvalue weighted by molar-refractivity contribution is -0.389. The van der Waals surface area contributed by atoms with Crippen LogP contribution in [0.3, 0.4) is 0 Å². The molecule has 0 amide bonds. The Labute approximate surface area is 117 Å². The molecule has 0 aliphatic carbocycles. The molecule has 0 bridgehead atoms. The van der Waals surface area contributed by atoms with E-state index in [2.05, 4.69) is 5.10 Å². The number of benzene rings is 1. The standard InChI is InChI=1S/C10H8N4O6S/c1-21(19,20)9-6-7(13(15)16)2-3-8(9)12-5-4-10(11-12)14(17)18/h2-6H,1H3. The number of sulfone groups is 1. The normalized spacial score (nSPS) is 11.3. The van der Waals surface area contributed by atoms with Crippen molar-refractivity contribution in [3.05, 3.63) is 50.7 Å². The third-order valence-electron chi connectivity index (χ3n) is 2.56. The van der Waals surface area contributed by atoms with Crippen LogP contribution in [-0.4, -0.2) is 34.3 Å². The van der Waals surface area contributed by atoms with Crippen LogP contribution < -0.4 is 0 Å². The maximum atomic E-state index is 11.7. The minimum Gasteiger partial charge on any atom is -0.358 e. The summed E-state index contributed by atoms with van der Waals surface area (Å²) in [6, 6.07) is 4.24. The number of nitro benzene ring substituents is 1. The number of hydrogen-bond donors (Lipinski definition) is 0. The Morgan fingerprint density at radius 3 is 2.29 bits per heavy atom. The summed E-state index contributed by atoms with van der Waals surface area (Å²) in [6.45, 7) is 0. The summed E-state index contributed by atoms with van der Waals surface area (Å²) in [4.78, 5) is 19.5. The van der Waals surface area contributed by atoms with Crippen LogP contribution in [-0.2, 0) is 9.84 Å². The van der Waals surface area contributed by atoms with Crippen LogP contribution in [0.1, 0.15) is 0 Å². The van der Waals surface area contributed by atoms with Crippen molar-refractivity contribution in [2.24, 2.45) is 0 Å². The molecule has 1 aromatic heterocycles. The molecule has 11 heteroatoms. The molecule has 110 valence electrons. The highest BCUT2D eigenvalue weighted by Crippen LogP contribution is 2.25.